The maximum atomic E-state index is 12.5. The molecular formula is C16H19NO3. The lowest BCUT2D eigenvalue weighted by molar-refractivity contribution is -0.148. The van der Waals surface area contributed by atoms with Crippen LogP contribution in [0.4, 0.5) is 0 Å². The topological polar surface area (TPSA) is 57.6 Å². The van der Waals surface area contributed by atoms with Crippen LogP contribution in [0, 0.1) is 11.8 Å². The molecule has 0 heterocycles. The van der Waals surface area contributed by atoms with Crippen molar-refractivity contribution in [2.45, 2.75) is 31.7 Å². The lowest BCUT2D eigenvalue weighted by Gasteiger charge is -2.21. The lowest BCUT2D eigenvalue weighted by Crippen LogP contribution is -2.41. The van der Waals surface area contributed by atoms with Gasteiger partial charge in [0.15, 0.2) is 0 Å². The van der Waals surface area contributed by atoms with Crippen LogP contribution in [0.25, 0.3) is 0 Å². The normalized spacial score (nSPS) is 28.0. The van der Waals surface area contributed by atoms with Crippen molar-refractivity contribution in [1.29, 1.82) is 0 Å². The fourth-order valence-corrected chi connectivity index (χ4v) is 3.49. The van der Waals surface area contributed by atoms with Gasteiger partial charge >= 0.3 is 5.97 Å². The first kappa shape index (κ1) is 13.2. The van der Waals surface area contributed by atoms with Gasteiger partial charge in [-0.15, -0.1) is 0 Å². The summed E-state index contributed by atoms with van der Waals surface area (Å²) in [4.78, 5) is 24.9. The van der Waals surface area contributed by atoms with E-state index in [-0.39, 0.29) is 11.8 Å². The smallest absolute Gasteiger partial charge is 0.326 e. The number of aryl methyl sites for hydroxylation is 1. The van der Waals surface area contributed by atoms with E-state index in [1.807, 2.05) is 12.1 Å². The monoisotopic (exact) mass is 273 g/mol. The molecule has 2 aliphatic rings. The number of hydrogen-bond donors (Lipinski definition) is 1. The second kappa shape index (κ2) is 4.62. The van der Waals surface area contributed by atoms with Crippen molar-refractivity contribution < 1.29 is 14.7 Å². The van der Waals surface area contributed by atoms with Crippen LogP contribution in [0.15, 0.2) is 24.3 Å². The molecule has 20 heavy (non-hydrogen) atoms. The SMILES string of the molecule is CC(C(=O)O)N(C)C(=O)C1C2CCc3ccccc3C21. The third-order valence-electron chi connectivity index (χ3n) is 4.90. The molecule has 3 rings (SSSR count). The average Bonchev–Trinajstić information content (AvgIpc) is 3.19. The Labute approximate surface area is 118 Å². The van der Waals surface area contributed by atoms with Crippen LogP contribution in [0.2, 0.25) is 0 Å². The van der Waals surface area contributed by atoms with E-state index in [4.69, 9.17) is 5.11 Å². The highest BCUT2D eigenvalue weighted by Crippen LogP contribution is 2.60. The molecule has 0 bridgehead atoms. The highest BCUT2D eigenvalue weighted by molar-refractivity contribution is 5.88. The number of hydrogen-bond acceptors (Lipinski definition) is 2. The van der Waals surface area contributed by atoms with Crippen LogP contribution < -0.4 is 0 Å². The van der Waals surface area contributed by atoms with Gasteiger partial charge in [0, 0.05) is 13.0 Å². The molecule has 0 saturated heterocycles. The van der Waals surface area contributed by atoms with Gasteiger partial charge in [0.2, 0.25) is 5.91 Å². The Morgan fingerprint density at radius 2 is 2.05 bits per heavy atom. The molecule has 0 aliphatic heterocycles. The molecule has 1 saturated carbocycles. The first-order valence-corrected chi connectivity index (χ1v) is 7.09. The number of carboxylic acid groups (broad SMARTS) is 1. The van der Waals surface area contributed by atoms with Crippen LogP contribution in [0.1, 0.15) is 30.4 Å². The molecule has 0 radical (unpaired) electrons. The number of carbonyl (C=O) groups excluding carboxylic acids is 1. The summed E-state index contributed by atoms with van der Waals surface area (Å²) in [6, 6.07) is 7.54. The second-order valence-electron chi connectivity index (χ2n) is 5.92. The first-order chi connectivity index (χ1) is 9.52. The third kappa shape index (κ3) is 1.90. The number of rotatable bonds is 3. The Balaban J connectivity index is 1.79. The number of nitrogens with zero attached hydrogens (tertiary/aromatic N) is 1. The van der Waals surface area contributed by atoms with Crippen LogP contribution in [0.5, 0.6) is 0 Å². The summed E-state index contributed by atoms with van der Waals surface area (Å²) in [6.07, 6.45) is 2.06. The van der Waals surface area contributed by atoms with Crippen molar-refractivity contribution in [3.05, 3.63) is 35.4 Å². The summed E-state index contributed by atoms with van der Waals surface area (Å²) < 4.78 is 0. The Morgan fingerprint density at radius 1 is 1.35 bits per heavy atom. The quantitative estimate of drug-likeness (QED) is 0.915. The fraction of sp³-hybridized carbons (Fsp3) is 0.500. The van der Waals surface area contributed by atoms with Gasteiger partial charge in [-0.3, -0.25) is 4.79 Å². The van der Waals surface area contributed by atoms with E-state index in [1.54, 1.807) is 14.0 Å². The number of carbonyl (C=O) groups is 2. The molecule has 4 unspecified atom stereocenters. The van der Waals surface area contributed by atoms with Gasteiger partial charge < -0.3 is 10.0 Å². The lowest BCUT2D eigenvalue weighted by atomic mass is 9.92. The molecule has 1 aromatic rings. The molecule has 0 aromatic heterocycles. The summed E-state index contributed by atoms with van der Waals surface area (Å²) in [7, 11) is 1.59. The van der Waals surface area contributed by atoms with E-state index < -0.39 is 12.0 Å². The van der Waals surface area contributed by atoms with Crippen LogP contribution in [-0.2, 0) is 16.0 Å². The summed E-state index contributed by atoms with van der Waals surface area (Å²) >= 11 is 0. The zero-order valence-corrected chi connectivity index (χ0v) is 11.7. The van der Waals surface area contributed by atoms with Gasteiger partial charge in [-0.2, -0.15) is 0 Å². The fourth-order valence-electron chi connectivity index (χ4n) is 3.49. The van der Waals surface area contributed by atoms with Gasteiger partial charge in [0.25, 0.3) is 0 Å². The Hall–Kier alpha value is -1.84. The predicted molar refractivity (Wildman–Crippen MR) is 74.4 cm³/mol. The van der Waals surface area contributed by atoms with Gasteiger partial charge in [-0.1, -0.05) is 24.3 Å². The summed E-state index contributed by atoms with van der Waals surface area (Å²) in [5.74, 6) is -0.293. The number of carboxylic acids is 1. The minimum atomic E-state index is -0.954. The van der Waals surface area contributed by atoms with E-state index in [0.29, 0.717) is 11.8 Å². The molecule has 2 aliphatic carbocycles. The molecule has 4 nitrogen and oxygen atoms in total. The largest absolute Gasteiger partial charge is 0.480 e. The van der Waals surface area contributed by atoms with Crippen molar-refractivity contribution in [3.8, 4) is 0 Å². The number of likely N-dealkylation sites (N-methyl/N-ethyl adjacent to an activating group) is 1. The maximum Gasteiger partial charge on any atom is 0.326 e. The summed E-state index contributed by atoms with van der Waals surface area (Å²) in [6.45, 7) is 1.56. The van der Waals surface area contributed by atoms with E-state index in [0.717, 1.165) is 12.8 Å². The zero-order chi connectivity index (χ0) is 14.4. The molecule has 4 atom stereocenters. The molecule has 4 heteroatoms. The molecule has 1 N–H and O–H groups in total. The molecule has 1 fully saturated rings. The van der Waals surface area contributed by atoms with Crippen molar-refractivity contribution >= 4 is 11.9 Å². The Bertz CT molecular complexity index is 569. The van der Waals surface area contributed by atoms with E-state index in [2.05, 4.69) is 12.1 Å². The van der Waals surface area contributed by atoms with Gasteiger partial charge in [0.1, 0.15) is 6.04 Å². The van der Waals surface area contributed by atoms with Gasteiger partial charge in [-0.25, -0.2) is 4.79 Å². The van der Waals surface area contributed by atoms with Crippen molar-refractivity contribution in [3.63, 3.8) is 0 Å². The minimum Gasteiger partial charge on any atom is -0.480 e. The first-order valence-electron chi connectivity index (χ1n) is 7.09. The highest BCUT2D eigenvalue weighted by atomic mass is 16.4. The second-order valence-corrected chi connectivity index (χ2v) is 5.92. The van der Waals surface area contributed by atoms with Crippen LogP contribution in [-0.4, -0.2) is 35.0 Å². The summed E-state index contributed by atoms with van der Waals surface area (Å²) in [5, 5.41) is 9.03. The number of amides is 1. The van der Waals surface area contributed by atoms with Crippen LogP contribution >= 0.6 is 0 Å². The molecule has 1 amide bonds. The van der Waals surface area contributed by atoms with E-state index in [9.17, 15) is 9.59 Å². The van der Waals surface area contributed by atoms with Gasteiger partial charge in [-0.05, 0) is 42.7 Å². The minimum absolute atomic E-state index is 0.0217. The molecular weight excluding hydrogens is 254 g/mol. The van der Waals surface area contributed by atoms with Gasteiger partial charge in [0.05, 0.1) is 0 Å². The van der Waals surface area contributed by atoms with Crippen LogP contribution in [0.3, 0.4) is 0 Å². The Morgan fingerprint density at radius 3 is 2.75 bits per heavy atom. The van der Waals surface area contributed by atoms with E-state index >= 15 is 0 Å². The molecule has 1 aromatic carbocycles. The predicted octanol–water partition coefficient (Wildman–Crippen LogP) is 1.89. The molecule has 106 valence electrons. The number of fused-ring (bicyclic) bond motifs is 3. The number of aliphatic carboxylic acids is 1. The standard InChI is InChI=1S/C16H19NO3/c1-9(16(19)20)17(2)15(18)14-12-8-7-10-5-3-4-6-11(10)13(12)14/h3-6,9,12-14H,7-8H2,1-2H3,(H,19,20). The van der Waals surface area contributed by atoms with Crippen molar-refractivity contribution in [1.82, 2.24) is 4.90 Å². The number of benzene rings is 1. The highest BCUT2D eigenvalue weighted by Gasteiger charge is 2.58. The average molecular weight is 273 g/mol. The summed E-state index contributed by atoms with van der Waals surface area (Å²) in [5.41, 5.74) is 2.64. The maximum absolute atomic E-state index is 12.5. The third-order valence-corrected chi connectivity index (χ3v) is 4.90. The zero-order valence-electron chi connectivity index (χ0n) is 11.7. The van der Waals surface area contributed by atoms with Crippen molar-refractivity contribution in [2.24, 2.45) is 11.8 Å². The Kier molecular flexibility index (Phi) is 3.04. The van der Waals surface area contributed by atoms with Crippen molar-refractivity contribution in [2.75, 3.05) is 7.05 Å². The van der Waals surface area contributed by atoms with E-state index in [1.165, 1.54) is 16.0 Å². The molecule has 0 spiro atoms.